The zero-order chi connectivity index (χ0) is 38.3. The lowest BCUT2D eigenvalue weighted by Gasteiger charge is -2.34. The second-order valence-corrected chi connectivity index (χ2v) is 13.9. The fourth-order valence-corrected chi connectivity index (χ4v) is 5.63. The molecule has 0 saturated carbocycles. The Labute approximate surface area is 307 Å². The first-order valence-electron chi connectivity index (χ1n) is 17.8. The first-order valence-corrected chi connectivity index (χ1v) is 17.8. The highest BCUT2D eigenvalue weighted by atomic mass is 16.6. The number of hydrogen-bond donors (Lipinski definition) is 2. The lowest BCUT2D eigenvalue weighted by Crippen LogP contribution is -2.56. The second-order valence-electron chi connectivity index (χ2n) is 13.9. The van der Waals surface area contributed by atoms with Gasteiger partial charge in [0.2, 0.25) is 17.7 Å². The van der Waals surface area contributed by atoms with Gasteiger partial charge in [-0.1, -0.05) is 85.8 Å². The summed E-state index contributed by atoms with van der Waals surface area (Å²) in [7, 11) is 3.17. The van der Waals surface area contributed by atoms with Crippen molar-refractivity contribution in [2.24, 2.45) is 0 Å². The van der Waals surface area contributed by atoms with E-state index in [4.69, 9.17) is 9.47 Å². The Kier molecular flexibility index (Phi) is 15.9. The molecule has 0 saturated heterocycles. The van der Waals surface area contributed by atoms with Gasteiger partial charge < -0.3 is 29.9 Å². The number of amides is 4. The SMILES string of the molecule is CCC(C/C=C/C(=O)N(C)[C@H](Cc1ccc2ccccc2c1)C(=O)N(C)[C@H](Cc1ccccc1)C(=O)NCCCOC(C)=O)NC(=O)OC(C)(C)C. The third-order valence-corrected chi connectivity index (χ3v) is 8.55. The number of esters is 1. The average molecular weight is 715 g/mol. The summed E-state index contributed by atoms with van der Waals surface area (Å²) >= 11 is 0. The summed E-state index contributed by atoms with van der Waals surface area (Å²) in [5.74, 6) is -1.54. The van der Waals surface area contributed by atoms with Crippen LogP contribution >= 0.6 is 0 Å². The molecule has 3 rings (SSSR count). The van der Waals surface area contributed by atoms with Gasteiger partial charge in [0.05, 0.1) is 6.61 Å². The van der Waals surface area contributed by atoms with Gasteiger partial charge in [0.1, 0.15) is 17.7 Å². The third kappa shape index (κ3) is 13.5. The van der Waals surface area contributed by atoms with E-state index in [1.807, 2.05) is 79.7 Å². The van der Waals surface area contributed by atoms with Gasteiger partial charge in [-0.05, 0) is 68.0 Å². The quantitative estimate of drug-likeness (QED) is 0.106. The van der Waals surface area contributed by atoms with E-state index in [0.29, 0.717) is 19.3 Å². The van der Waals surface area contributed by atoms with Crippen LogP contribution in [-0.4, -0.2) is 90.6 Å². The Morgan fingerprint density at radius 2 is 1.48 bits per heavy atom. The summed E-state index contributed by atoms with van der Waals surface area (Å²) < 4.78 is 10.4. The zero-order valence-corrected chi connectivity index (χ0v) is 31.5. The third-order valence-electron chi connectivity index (χ3n) is 8.55. The molecular formula is C41H54N4O7. The molecule has 2 N–H and O–H groups in total. The van der Waals surface area contributed by atoms with Crippen molar-refractivity contribution in [2.45, 2.75) is 90.4 Å². The van der Waals surface area contributed by atoms with Gasteiger partial charge in [0.25, 0.3) is 0 Å². The summed E-state index contributed by atoms with van der Waals surface area (Å²) in [5, 5.41) is 7.79. The van der Waals surface area contributed by atoms with E-state index in [0.717, 1.165) is 21.9 Å². The van der Waals surface area contributed by atoms with Gasteiger partial charge in [0.15, 0.2) is 0 Å². The number of nitrogens with zero attached hydrogens (tertiary/aromatic N) is 2. The second kappa shape index (κ2) is 20.0. The summed E-state index contributed by atoms with van der Waals surface area (Å²) in [4.78, 5) is 68.2. The van der Waals surface area contributed by atoms with Crippen LogP contribution in [0.5, 0.6) is 0 Å². The van der Waals surface area contributed by atoms with Gasteiger partial charge >= 0.3 is 12.1 Å². The predicted molar refractivity (Wildman–Crippen MR) is 202 cm³/mol. The molecule has 0 aliphatic rings. The number of nitrogens with one attached hydrogen (secondary N) is 2. The number of carbonyl (C=O) groups is 5. The molecule has 3 aromatic rings. The molecule has 3 aromatic carbocycles. The van der Waals surface area contributed by atoms with Crippen LogP contribution in [0.3, 0.4) is 0 Å². The Hall–Kier alpha value is -5.19. The van der Waals surface area contributed by atoms with Crippen molar-refractivity contribution in [3.05, 3.63) is 96.1 Å². The number of carbonyl (C=O) groups excluding carboxylic acids is 5. The van der Waals surface area contributed by atoms with Gasteiger partial charge in [-0.3, -0.25) is 19.2 Å². The molecule has 4 amide bonds. The van der Waals surface area contributed by atoms with Crippen LogP contribution in [0.2, 0.25) is 0 Å². The Balaban J connectivity index is 1.87. The Morgan fingerprint density at radius 1 is 0.827 bits per heavy atom. The highest BCUT2D eigenvalue weighted by Crippen LogP contribution is 2.20. The standard InChI is InChI=1S/C41H54N4O7/c1-8-34(43-40(50)52-41(3,4)5)20-14-21-37(47)44(6)36(28-31-22-23-32-18-12-13-19-33(32)26-31)39(49)45(7)35(27-30-16-10-9-11-17-30)38(48)42-24-15-25-51-29(2)46/h9-14,16-19,21-23,26,34-36H,8,15,20,24-25,27-28H2,1-7H3,(H,42,48)(H,43,50)/b21-14+/t34?,35-,36-/m1/s1. The maximum absolute atomic E-state index is 14.5. The summed E-state index contributed by atoms with van der Waals surface area (Å²) in [5.41, 5.74) is 1.09. The minimum atomic E-state index is -0.944. The van der Waals surface area contributed by atoms with Gasteiger partial charge in [0, 0.05) is 46.4 Å². The van der Waals surface area contributed by atoms with Crippen molar-refractivity contribution in [2.75, 3.05) is 27.2 Å². The van der Waals surface area contributed by atoms with Crippen LogP contribution in [-0.2, 0) is 41.5 Å². The molecule has 0 bridgehead atoms. The van der Waals surface area contributed by atoms with E-state index >= 15 is 0 Å². The molecular weight excluding hydrogens is 660 g/mol. The number of alkyl carbamates (subject to hydrolysis) is 1. The van der Waals surface area contributed by atoms with Gasteiger partial charge in [-0.2, -0.15) is 0 Å². The highest BCUT2D eigenvalue weighted by molar-refractivity contribution is 5.95. The van der Waals surface area contributed by atoms with E-state index in [-0.39, 0.29) is 37.9 Å². The molecule has 1 unspecified atom stereocenters. The summed E-state index contributed by atoms with van der Waals surface area (Å²) in [6, 6.07) is 21.2. The molecule has 11 heteroatoms. The largest absolute Gasteiger partial charge is 0.466 e. The highest BCUT2D eigenvalue weighted by Gasteiger charge is 2.35. The minimum absolute atomic E-state index is 0.165. The van der Waals surface area contributed by atoms with Crippen molar-refractivity contribution in [1.82, 2.24) is 20.4 Å². The normalized spacial score (nSPS) is 13.1. The van der Waals surface area contributed by atoms with E-state index in [1.165, 1.54) is 22.8 Å². The fourth-order valence-electron chi connectivity index (χ4n) is 5.63. The van der Waals surface area contributed by atoms with Crippen molar-refractivity contribution in [1.29, 1.82) is 0 Å². The molecule has 3 atom stereocenters. The summed E-state index contributed by atoms with van der Waals surface area (Å²) in [6.45, 7) is 9.05. The first kappa shape index (κ1) is 41.2. The van der Waals surface area contributed by atoms with E-state index < -0.39 is 41.6 Å². The number of benzene rings is 3. The van der Waals surface area contributed by atoms with Gasteiger partial charge in [-0.15, -0.1) is 0 Å². The first-order chi connectivity index (χ1) is 24.7. The van der Waals surface area contributed by atoms with Crippen LogP contribution in [0.25, 0.3) is 10.8 Å². The van der Waals surface area contributed by atoms with E-state index in [2.05, 4.69) is 10.6 Å². The maximum Gasteiger partial charge on any atom is 0.407 e. The maximum atomic E-state index is 14.5. The van der Waals surface area contributed by atoms with Crippen molar-refractivity contribution >= 4 is 40.6 Å². The lowest BCUT2D eigenvalue weighted by molar-refractivity contribution is -0.146. The smallest absolute Gasteiger partial charge is 0.407 e. The average Bonchev–Trinajstić information content (AvgIpc) is 3.10. The molecule has 280 valence electrons. The molecule has 0 aromatic heterocycles. The van der Waals surface area contributed by atoms with Crippen LogP contribution in [0.4, 0.5) is 4.79 Å². The molecule has 0 heterocycles. The van der Waals surface area contributed by atoms with Crippen molar-refractivity contribution < 1.29 is 33.4 Å². The molecule has 11 nitrogen and oxygen atoms in total. The number of ether oxygens (including phenoxy) is 2. The van der Waals surface area contributed by atoms with Gasteiger partial charge in [-0.25, -0.2) is 4.79 Å². The predicted octanol–water partition coefficient (Wildman–Crippen LogP) is 5.60. The van der Waals surface area contributed by atoms with Crippen LogP contribution < -0.4 is 10.6 Å². The number of fused-ring (bicyclic) bond motifs is 1. The zero-order valence-electron chi connectivity index (χ0n) is 31.5. The Bertz CT molecular complexity index is 1690. The van der Waals surface area contributed by atoms with Crippen LogP contribution in [0.1, 0.15) is 65.0 Å². The minimum Gasteiger partial charge on any atom is -0.466 e. The molecule has 0 spiro atoms. The molecule has 0 fully saturated rings. The van der Waals surface area contributed by atoms with Crippen LogP contribution in [0.15, 0.2) is 84.9 Å². The van der Waals surface area contributed by atoms with E-state index in [1.54, 1.807) is 40.9 Å². The molecule has 0 aliphatic heterocycles. The van der Waals surface area contributed by atoms with Crippen LogP contribution in [0, 0.1) is 0 Å². The monoisotopic (exact) mass is 714 g/mol. The molecule has 52 heavy (non-hydrogen) atoms. The number of rotatable bonds is 17. The molecule has 0 radical (unpaired) electrons. The molecule has 0 aliphatic carbocycles. The number of hydrogen-bond acceptors (Lipinski definition) is 7. The fraction of sp³-hybridized carbons (Fsp3) is 0.439. The lowest BCUT2D eigenvalue weighted by atomic mass is 9.98. The Morgan fingerprint density at radius 3 is 2.13 bits per heavy atom. The van der Waals surface area contributed by atoms with Crippen molar-refractivity contribution in [3.8, 4) is 0 Å². The summed E-state index contributed by atoms with van der Waals surface area (Å²) in [6.07, 6.45) is 4.46. The van der Waals surface area contributed by atoms with E-state index in [9.17, 15) is 24.0 Å². The van der Waals surface area contributed by atoms with Crippen molar-refractivity contribution in [3.63, 3.8) is 0 Å². The number of likely N-dealkylation sites (N-methyl/N-ethyl adjacent to an activating group) is 2. The topological polar surface area (TPSA) is 134 Å².